The maximum absolute atomic E-state index is 12.2. The second kappa shape index (κ2) is 8.59. The van der Waals surface area contributed by atoms with E-state index in [9.17, 15) is 9.59 Å². The van der Waals surface area contributed by atoms with E-state index in [0.717, 1.165) is 22.1 Å². The van der Waals surface area contributed by atoms with Crippen molar-refractivity contribution in [1.29, 1.82) is 0 Å². The molecule has 0 fully saturated rings. The average molecular weight is 347 g/mol. The van der Waals surface area contributed by atoms with E-state index in [0.29, 0.717) is 12.3 Å². The van der Waals surface area contributed by atoms with Crippen molar-refractivity contribution in [3.8, 4) is 5.75 Å². The Labute approximate surface area is 145 Å². The lowest BCUT2D eigenvalue weighted by atomic mass is 9.97. The SMILES string of the molecule is COc1ccc2cc(C(C)C(=O)NCCSCC(=O)O)ccc2c1. The van der Waals surface area contributed by atoms with Crippen LogP contribution in [-0.4, -0.2) is 42.1 Å². The summed E-state index contributed by atoms with van der Waals surface area (Å²) in [4.78, 5) is 22.6. The molecule has 0 aliphatic carbocycles. The standard InChI is InChI=1S/C18H21NO4S/c1-12(18(22)19-7-8-24-11-17(20)21)13-3-4-15-10-16(23-2)6-5-14(15)9-13/h3-6,9-10,12H,7-8,11H2,1-2H3,(H,19,22)(H,20,21). The molecule has 128 valence electrons. The normalized spacial score (nSPS) is 11.9. The minimum absolute atomic E-state index is 0.0551. The molecule has 0 saturated carbocycles. The molecular weight excluding hydrogens is 326 g/mol. The zero-order valence-corrected chi connectivity index (χ0v) is 14.6. The molecule has 1 unspecified atom stereocenters. The van der Waals surface area contributed by atoms with Crippen LogP contribution in [0, 0.1) is 0 Å². The van der Waals surface area contributed by atoms with Gasteiger partial charge in [0.15, 0.2) is 0 Å². The number of nitrogens with one attached hydrogen (secondary N) is 1. The fraction of sp³-hybridized carbons (Fsp3) is 0.333. The molecule has 2 N–H and O–H groups in total. The number of benzene rings is 2. The van der Waals surface area contributed by atoms with Gasteiger partial charge >= 0.3 is 5.97 Å². The van der Waals surface area contributed by atoms with E-state index in [4.69, 9.17) is 9.84 Å². The number of methoxy groups -OCH3 is 1. The van der Waals surface area contributed by atoms with Crippen LogP contribution in [0.1, 0.15) is 18.4 Å². The maximum Gasteiger partial charge on any atom is 0.313 e. The van der Waals surface area contributed by atoms with Crippen LogP contribution in [0.25, 0.3) is 10.8 Å². The minimum atomic E-state index is -0.840. The van der Waals surface area contributed by atoms with Crippen LogP contribution in [0.5, 0.6) is 5.75 Å². The molecule has 0 saturated heterocycles. The number of ether oxygens (including phenoxy) is 1. The van der Waals surface area contributed by atoms with Crippen molar-refractivity contribution in [2.45, 2.75) is 12.8 Å². The lowest BCUT2D eigenvalue weighted by Gasteiger charge is -2.13. The number of hydrogen-bond donors (Lipinski definition) is 2. The van der Waals surface area contributed by atoms with Gasteiger partial charge in [0.1, 0.15) is 5.75 Å². The molecule has 0 aliphatic rings. The van der Waals surface area contributed by atoms with Crippen molar-refractivity contribution in [3.05, 3.63) is 42.0 Å². The minimum Gasteiger partial charge on any atom is -0.497 e. The number of thioether (sulfide) groups is 1. The van der Waals surface area contributed by atoms with Gasteiger partial charge in [-0.3, -0.25) is 9.59 Å². The van der Waals surface area contributed by atoms with Gasteiger partial charge in [0.25, 0.3) is 0 Å². The summed E-state index contributed by atoms with van der Waals surface area (Å²) in [6.07, 6.45) is 0. The van der Waals surface area contributed by atoms with Crippen molar-refractivity contribution in [2.75, 3.05) is 25.2 Å². The maximum atomic E-state index is 12.2. The number of fused-ring (bicyclic) bond motifs is 1. The van der Waals surface area contributed by atoms with E-state index in [2.05, 4.69) is 5.32 Å². The molecule has 1 atom stereocenters. The van der Waals surface area contributed by atoms with Crippen LogP contribution in [0.15, 0.2) is 36.4 Å². The van der Waals surface area contributed by atoms with Crippen LogP contribution >= 0.6 is 11.8 Å². The number of carboxylic acid groups (broad SMARTS) is 1. The monoisotopic (exact) mass is 347 g/mol. The molecule has 2 aromatic rings. The average Bonchev–Trinajstić information content (AvgIpc) is 2.59. The summed E-state index contributed by atoms with van der Waals surface area (Å²) in [5.74, 6) is 0.286. The first kappa shape index (κ1) is 18.1. The van der Waals surface area contributed by atoms with Gasteiger partial charge in [0, 0.05) is 12.3 Å². The predicted molar refractivity (Wildman–Crippen MR) is 96.9 cm³/mol. The first-order chi connectivity index (χ1) is 11.5. The largest absolute Gasteiger partial charge is 0.497 e. The smallest absolute Gasteiger partial charge is 0.313 e. The van der Waals surface area contributed by atoms with E-state index in [1.165, 1.54) is 11.8 Å². The zero-order valence-electron chi connectivity index (χ0n) is 13.7. The summed E-state index contributed by atoms with van der Waals surface area (Å²) >= 11 is 1.29. The van der Waals surface area contributed by atoms with Gasteiger partial charge in [-0.25, -0.2) is 0 Å². The predicted octanol–water partition coefficient (Wildman–Crippen LogP) is 2.89. The Bertz CT molecular complexity index is 732. The Kier molecular flexibility index (Phi) is 6.49. The van der Waals surface area contributed by atoms with Crippen LogP contribution < -0.4 is 10.1 Å². The zero-order chi connectivity index (χ0) is 17.5. The molecule has 0 aliphatic heterocycles. The van der Waals surface area contributed by atoms with Crippen LogP contribution in [0.3, 0.4) is 0 Å². The van der Waals surface area contributed by atoms with Crippen LogP contribution in [-0.2, 0) is 9.59 Å². The lowest BCUT2D eigenvalue weighted by molar-refractivity contribution is -0.133. The molecule has 2 rings (SSSR count). The molecule has 6 heteroatoms. The summed E-state index contributed by atoms with van der Waals surface area (Å²) in [6, 6.07) is 11.8. The summed E-state index contributed by atoms with van der Waals surface area (Å²) in [7, 11) is 1.64. The highest BCUT2D eigenvalue weighted by atomic mass is 32.2. The molecular formula is C18H21NO4S. The number of carboxylic acids is 1. The third kappa shape index (κ3) is 4.89. The van der Waals surface area contributed by atoms with Crippen molar-refractivity contribution in [1.82, 2.24) is 5.32 Å². The fourth-order valence-corrected chi connectivity index (χ4v) is 2.91. The third-order valence-electron chi connectivity index (χ3n) is 3.74. The highest BCUT2D eigenvalue weighted by molar-refractivity contribution is 7.99. The van der Waals surface area contributed by atoms with Gasteiger partial charge in [-0.15, -0.1) is 11.8 Å². The number of amides is 1. The summed E-state index contributed by atoms with van der Waals surface area (Å²) in [5, 5.41) is 13.5. The number of rotatable bonds is 8. The van der Waals surface area contributed by atoms with Crippen molar-refractivity contribution < 1.29 is 19.4 Å². The Hall–Kier alpha value is -2.21. The van der Waals surface area contributed by atoms with Crippen LogP contribution in [0.4, 0.5) is 0 Å². The van der Waals surface area contributed by atoms with Gasteiger partial charge in [-0.2, -0.15) is 0 Å². The first-order valence-corrected chi connectivity index (χ1v) is 8.81. The van der Waals surface area contributed by atoms with Gasteiger partial charge in [-0.05, 0) is 35.4 Å². The molecule has 0 spiro atoms. The van der Waals surface area contributed by atoms with Crippen LogP contribution in [0.2, 0.25) is 0 Å². The van der Waals surface area contributed by atoms with E-state index >= 15 is 0 Å². The summed E-state index contributed by atoms with van der Waals surface area (Å²) < 4.78 is 5.21. The third-order valence-corrected chi connectivity index (χ3v) is 4.68. The Morgan fingerprint density at radius 2 is 1.92 bits per heavy atom. The van der Waals surface area contributed by atoms with Gasteiger partial charge in [0.2, 0.25) is 5.91 Å². The molecule has 24 heavy (non-hydrogen) atoms. The van der Waals surface area contributed by atoms with E-state index < -0.39 is 5.97 Å². The molecule has 0 bridgehead atoms. The second-order valence-corrected chi connectivity index (χ2v) is 6.54. The number of aliphatic carboxylic acids is 1. The number of carbonyl (C=O) groups is 2. The highest BCUT2D eigenvalue weighted by Gasteiger charge is 2.15. The topological polar surface area (TPSA) is 75.6 Å². The second-order valence-electron chi connectivity index (χ2n) is 5.43. The number of hydrogen-bond acceptors (Lipinski definition) is 4. The van der Waals surface area contributed by atoms with Crippen molar-refractivity contribution in [2.24, 2.45) is 0 Å². The van der Waals surface area contributed by atoms with Crippen molar-refractivity contribution in [3.63, 3.8) is 0 Å². The molecule has 0 heterocycles. The van der Waals surface area contributed by atoms with Gasteiger partial charge in [-0.1, -0.05) is 24.3 Å². The molecule has 1 amide bonds. The summed E-state index contributed by atoms with van der Waals surface area (Å²) in [6.45, 7) is 2.33. The molecule has 0 aromatic heterocycles. The molecule has 0 radical (unpaired) electrons. The Balaban J connectivity index is 1.95. The molecule has 5 nitrogen and oxygen atoms in total. The Morgan fingerprint density at radius 1 is 1.21 bits per heavy atom. The van der Waals surface area contributed by atoms with E-state index in [1.807, 2.05) is 43.3 Å². The van der Waals surface area contributed by atoms with E-state index in [-0.39, 0.29) is 17.6 Å². The van der Waals surface area contributed by atoms with Crippen molar-refractivity contribution >= 4 is 34.4 Å². The number of carbonyl (C=O) groups excluding carboxylic acids is 1. The molecule has 2 aromatic carbocycles. The Morgan fingerprint density at radius 3 is 2.62 bits per heavy atom. The lowest BCUT2D eigenvalue weighted by Crippen LogP contribution is -2.30. The fourth-order valence-electron chi connectivity index (χ4n) is 2.35. The highest BCUT2D eigenvalue weighted by Crippen LogP contribution is 2.25. The van der Waals surface area contributed by atoms with E-state index in [1.54, 1.807) is 7.11 Å². The van der Waals surface area contributed by atoms with Gasteiger partial charge in [0.05, 0.1) is 18.8 Å². The quantitative estimate of drug-likeness (QED) is 0.718. The summed E-state index contributed by atoms with van der Waals surface area (Å²) in [5.41, 5.74) is 0.948. The van der Waals surface area contributed by atoms with Gasteiger partial charge < -0.3 is 15.2 Å². The first-order valence-electron chi connectivity index (χ1n) is 7.66.